The van der Waals surface area contributed by atoms with Gasteiger partial charge in [-0.2, -0.15) is 0 Å². The average molecular weight is 428 g/mol. The van der Waals surface area contributed by atoms with E-state index in [9.17, 15) is 17.6 Å². The maximum Gasteiger partial charge on any atom is 0.258 e. The molecule has 0 bridgehead atoms. The summed E-state index contributed by atoms with van der Waals surface area (Å²) in [5.41, 5.74) is 1.43. The minimum Gasteiger partial charge on any atom is -0.495 e. The maximum atomic E-state index is 13.1. The number of amides is 1. The van der Waals surface area contributed by atoms with Gasteiger partial charge in [-0.15, -0.1) is 0 Å². The first kappa shape index (κ1) is 21.5. The van der Waals surface area contributed by atoms with Crippen LogP contribution in [0.5, 0.6) is 5.75 Å². The lowest BCUT2D eigenvalue weighted by Crippen LogP contribution is -2.27. The van der Waals surface area contributed by atoms with Crippen LogP contribution in [0.4, 0.5) is 10.1 Å². The number of sulfonamides is 1. The molecule has 30 heavy (non-hydrogen) atoms. The quantitative estimate of drug-likeness (QED) is 0.624. The Labute approximate surface area is 175 Å². The molecular formula is C22H21FN2O4S. The Morgan fingerprint density at radius 1 is 1.03 bits per heavy atom. The van der Waals surface area contributed by atoms with Crippen LogP contribution in [-0.2, 0) is 16.6 Å². The van der Waals surface area contributed by atoms with Gasteiger partial charge in [0.15, 0.2) is 0 Å². The van der Waals surface area contributed by atoms with Crippen LogP contribution < -0.4 is 14.4 Å². The van der Waals surface area contributed by atoms with Gasteiger partial charge in [0.1, 0.15) is 16.5 Å². The molecule has 156 valence electrons. The van der Waals surface area contributed by atoms with Crippen molar-refractivity contribution in [1.29, 1.82) is 0 Å². The molecule has 8 heteroatoms. The second-order valence-corrected chi connectivity index (χ2v) is 8.25. The summed E-state index contributed by atoms with van der Waals surface area (Å²) in [7, 11) is -1.06. The molecule has 3 aromatic rings. The van der Waals surface area contributed by atoms with Crippen molar-refractivity contribution in [3.05, 3.63) is 89.7 Å². The molecule has 0 radical (unpaired) electrons. The first-order chi connectivity index (χ1) is 14.3. The molecule has 0 aliphatic carbocycles. The van der Waals surface area contributed by atoms with E-state index >= 15 is 0 Å². The number of hydrogen-bond donors (Lipinski definition) is 1. The van der Waals surface area contributed by atoms with Gasteiger partial charge in [0, 0.05) is 24.8 Å². The van der Waals surface area contributed by atoms with Crippen LogP contribution in [0, 0.1) is 5.82 Å². The third kappa shape index (κ3) is 4.84. The molecule has 6 nitrogen and oxygen atoms in total. The zero-order chi connectivity index (χ0) is 21.7. The Kier molecular flexibility index (Phi) is 6.49. The number of halogens is 1. The van der Waals surface area contributed by atoms with Gasteiger partial charge in [-0.25, -0.2) is 17.5 Å². The molecule has 0 aliphatic rings. The van der Waals surface area contributed by atoms with E-state index in [2.05, 4.69) is 4.72 Å². The largest absolute Gasteiger partial charge is 0.495 e. The van der Waals surface area contributed by atoms with Crippen LogP contribution in [0.25, 0.3) is 0 Å². The number of anilines is 1. The molecule has 3 aromatic carbocycles. The van der Waals surface area contributed by atoms with Crippen molar-refractivity contribution in [3.8, 4) is 5.75 Å². The number of nitrogens with one attached hydrogen (secondary N) is 1. The van der Waals surface area contributed by atoms with Gasteiger partial charge >= 0.3 is 0 Å². The molecule has 0 atom stereocenters. The average Bonchev–Trinajstić information content (AvgIpc) is 2.77. The van der Waals surface area contributed by atoms with E-state index in [1.54, 1.807) is 12.1 Å². The summed E-state index contributed by atoms with van der Waals surface area (Å²) in [4.78, 5) is 14.0. The normalized spacial score (nSPS) is 11.2. The number of ether oxygens (including phenoxy) is 1. The Bertz CT molecular complexity index is 1130. The summed E-state index contributed by atoms with van der Waals surface area (Å²) >= 11 is 0. The number of nitrogens with zero attached hydrogens (tertiary/aromatic N) is 1. The fraction of sp³-hybridized carbons (Fsp3) is 0.136. The number of rotatable bonds is 7. The molecular weight excluding hydrogens is 407 g/mol. The van der Waals surface area contributed by atoms with Crippen molar-refractivity contribution in [2.45, 2.75) is 11.4 Å². The van der Waals surface area contributed by atoms with Crippen LogP contribution in [-0.4, -0.2) is 28.5 Å². The van der Waals surface area contributed by atoms with E-state index in [-0.39, 0.29) is 22.8 Å². The van der Waals surface area contributed by atoms with Crippen LogP contribution in [0.3, 0.4) is 0 Å². The van der Waals surface area contributed by atoms with Crippen molar-refractivity contribution < 1.29 is 22.3 Å². The highest BCUT2D eigenvalue weighted by atomic mass is 32.2. The molecule has 0 aromatic heterocycles. The van der Waals surface area contributed by atoms with E-state index in [0.29, 0.717) is 5.69 Å². The van der Waals surface area contributed by atoms with Crippen molar-refractivity contribution in [3.63, 3.8) is 0 Å². The predicted molar refractivity (Wildman–Crippen MR) is 113 cm³/mol. The van der Waals surface area contributed by atoms with Crippen molar-refractivity contribution >= 4 is 21.6 Å². The smallest absolute Gasteiger partial charge is 0.258 e. The zero-order valence-corrected chi connectivity index (χ0v) is 17.3. The van der Waals surface area contributed by atoms with Crippen LogP contribution in [0.15, 0.2) is 77.7 Å². The van der Waals surface area contributed by atoms with E-state index in [0.717, 1.165) is 5.56 Å². The minimum absolute atomic E-state index is 0.0972. The molecule has 0 spiro atoms. The molecule has 1 amide bonds. The van der Waals surface area contributed by atoms with Gasteiger partial charge in [-0.3, -0.25) is 4.79 Å². The third-order valence-electron chi connectivity index (χ3n) is 4.53. The van der Waals surface area contributed by atoms with E-state index in [1.165, 1.54) is 61.5 Å². The number of carbonyl (C=O) groups is 1. The number of benzene rings is 3. The summed E-state index contributed by atoms with van der Waals surface area (Å²) in [6.45, 7) is 0.0972. The second-order valence-electron chi connectivity index (χ2n) is 6.52. The van der Waals surface area contributed by atoms with E-state index in [1.807, 2.05) is 18.2 Å². The first-order valence-electron chi connectivity index (χ1n) is 9.07. The number of hydrogen-bond acceptors (Lipinski definition) is 4. The summed E-state index contributed by atoms with van der Waals surface area (Å²) in [5.74, 6) is -0.734. The monoisotopic (exact) mass is 428 g/mol. The molecule has 0 unspecified atom stereocenters. The van der Waals surface area contributed by atoms with Crippen molar-refractivity contribution in [2.75, 3.05) is 19.1 Å². The Morgan fingerprint density at radius 2 is 1.70 bits per heavy atom. The van der Waals surface area contributed by atoms with Gasteiger partial charge in [0.2, 0.25) is 10.0 Å². The topological polar surface area (TPSA) is 75.7 Å². The van der Waals surface area contributed by atoms with Gasteiger partial charge in [-0.1, -0.05) is 30.3 Å². The highest BCUT2D eigenvalue weighted by Gasteiger charge is 2.23. The van der Waals surface area contributed by atoms with Crippen molar-refractivity contribution in [1.82, 2.24) is 4.72 Å². The molecule has 1 N–H and O–H groups in total. The van der Waals surface area contributed by atoms with Crippen LogP contribution in [0.1, 0.15) is 15.9 Å². The lowest BCUT2D eigenvalue weighted by Gasteiger charge is -2.18. The lowest BCUT2D eigenvalue weighted by molar-refractivity contribution is 0.0992. The molecule has 0 saturated heterocycles. The molecule has 0 aliphatic heterocycles. The zero-order valence-electron chi connectivity index (χ0n) is 16.5. The van der Waals surface area contributed by atoms with Gasteiger partial charge in [0.25, 0.3) is 5.91 Å². The maximum absolute atomic E-state index is 13.1. The lowest BCUT2D eigenvalue weighted by atomic mass is 10.1. The predicted octanol–water partition coefficient (Wildman–Crippen LogP) is 3.59. The summed E-state index contributed by atoms with van der Waals surface area (Å²) < 4.78 is 46.6. The fourth-order valence-corrected chi connectivity index (χ4v) is 4.06. The summed E-state index contributed by atoms with van der Waals surface area (Å²) in [6.07, 6.45) is 0. The molecule has 0 heterocycles. The van der Waals surface area contributed by atoms with Gasteiger partial charge < -0.3 is 9.64 Å². The molecule has 0 fully saturated rings. The van der Waals surface area contributed by atoms with E-state index in [4.69, 9.17) is 4.74 Å². The Morgan fingerprint density at radius 3 is 2.33 bits per heavy atom. The number of methoxy groups -OCH3 is 1. The Hall–Kier alpha value is -3.23. The highest BCUT2D eigenvalue weighted by molar-refractivity contribution is 7.89. The molecule has 0 saturated carbocycles. The van der Waals surface area contributed by atoms with Gasteiger partial charge in [-0.05, 0) is 48.0 Å². The highest BCUT2D eigenvalue weighted by Crippen LogP contribution is 2.26. The minimum atomic E-state index is -3.95. The molecule has 3 rings (SSSR count). The van der Waals surface area contributed by atoms with E-state index < -0.39 is 21.7 Å². The number of carbonyl (C=O) groups excluding carboxylic acids is 1. The standard InChI is InChI=1S/C22H21FN2O4S/c1-25(19-11-9-18(23)10-12-19)22(26)17-8-13-20(29-2)21(14-17)30(27,28)24-15-16-6-4-3-5-7-16/h3-14,24H,15H2,1-2H3. The third-order valence-corrected chi connectivity index (χ3v) is 5.95. The first-order valence-corrected chi connectivity index (χ1v) is 10.6. The Balaban J connectivity index is 1.88. The van der Waals surface area contributed by atoms with Crippen molar-refractivity contribution in [2.24, 2.45) is 0 Å². The summed E-state index contributed by atoms with van der Waals surface area (Å²) in [6, 6.07) is 18.7. The van der Waals surface area contributed by atoms with Gasteiger partial charge in [0.05, 0.1) is 7.11 Å². The van der Waals surface area contributed by atoms with Crippen LogP contribution in [0.2, 0.25) is 0 Å². The van der Waals surface area contributed by atoms with Crippen LogP contribution >= 0.6 is 0 Å². The SMILES string of the molecule is COc1ccc(C(=O)N(C)c2ccc(F)cc2)cc1S(=O)(=O)NCc1ccccc1. The fourth-order valence-electron chi connectivity index (χ4n) is 2.85. The second kappa shape index (κ2) is 9.06. The summed E-state index contributed by atoms with van der Waals surface area (Å²) in [5, 5.41) is 0.